The molecule has 0 radical (unpaired) electrons. The molecule has 2 heteroatoms. The molecule has 1 unspecified atom stereocenters. The van der Waals surface area contributed by atoms with E-state index in [1.807, 2.05) is 24.3 Å². The fourth-order valence-corrected chi connectivity index (χ4v) is 2.67. The zero-order valence-electron chi connectivity index (χ0n) is 9.88. The van der Waals surface area contributed by atoms with Crippen molar-refractivity contribution in [3.8, 4) is 0 Å². The normalized spacial score (nSPS) is 20.9. The lowest BCUT2D eigenvalue weighted by Crippen LogP contribution is -2.25. The highest BCUT2D eigenvalue weighted by molar-refractivity contribution is 5.27. The van der Waals surface area contributed by atoms with Crippen LogP contribution in [0.25, 0.3) is 0 Å². The molecular weight excluding hydrogens is 201 g/mol. The van der Waals surface area contributed by atoms with E-state index in [0.717, 1.165) is 24.0 Å². The molecule has 1 fully saturated rings. The Kier molecular flexibility index (Phi) is 3.29. The molecule has 1 aromatic carbocycles. The molecule has 1 aromatic rings. The van der Waals surface area contributed by atoms with Crippen LogP contribution in [0, 0.1) is 5.92 Å². The van der Waals surface area contributed by atoms with Gasteiger partial charge >= 0.3 is 0 Å². The van der Waals surface area contributed by atoms with Crippen molar-refractivity contribution < 1.29 is 4.39 Å². The molecule has 1 saturated carbocycles. The Morgan fingerprint density at radius 3 is 2.31 bits per heavy atom. The average Bonchev–Trinajstić information content (AvgIpc) is 2.83. The van der Waals surface area contributed by atoms with Gasteiger partial charge in [0.25, 0.3) is 0 Å². The van der Waals surface area contributed by atoms with E-state index in [0.29, 0.717) is 6.54 Å². The molecule has 2 rings (SSSR count). The highest BCUT2D eigenvalue weighted by Gasteiger charge is 2.37. The Morgan fingerprint density at radius 2 is 1.81 bits per heavy atom. The Bertz CT molecular complexity index is 336. The molecule has 0 aliphatic heterocycles. The van der Waals surface area contributed by atoms with Gasteiger partial charge < -0.3 is 5.73 Å². The SMILES string of the molecule is CC(F)(c1ccc(CN)cc1)C1CCCC1. The minimum atomic E-state index is -1.18. The van der Waals surface area contributed by atoms with E-state index in [1.165, 1.54) is 12.8 Å². The van der Waals surface area contributed by atoms with Crippen molar-refractivity contribution in [2.24, 2.45) is 11.7 Å². The summed E-state index contributed by atoms with van der Waals surface area (Å²) in [4.78, 5) is 0. The Hall–Kier alpha value is -0.890. The number of benzene rings is 1. The average molecular weight is 221 g/mol. The summed E-state index contributed by atoms with van der Waals surface area (Å²) in [5.74, 6) is 0.191. The molecular formula is C14H20FN. The lowest BCUT2D eigenvalue weighted by Gasteiger charge is -2.27. The van der Waals surface area contributed by atoms with E-state index < -0.39 is 5.67 Å². The molecule has 88 valence electrons. The van der Waals surface area contributed by atoms with Crippen LogP contribution in [-0.2, 0) is 12.2 Å². The monoisotopic (exact) mass is 221 g/mol. The summed E-state index contributed by atoms with van der Waals surface area (Å²) in [6.07, 6.45) is 4.38. The first-order valence-electron chi connectivity index (χ1n) is 6.13. The molecule has 0 amide bonds. The fraction of sp³-hybridized carbons (Fsp3) is 0.571. The van der Waals surface area contributed by atoms with Crippen LogP contribution in [-0.4, -0.2) is 0 Å². The van der Waals surface area contributed by atoms with Crippen molar-refractivity contribution in [1.82, 2.24) is 0 Å². The first-order chi connectivity index (χ1) is 7.64. The van der Waals surface area contributed by atoms with Crippen molar-refractivity contribution in [1.29, 1.82) is 0 Å². The van der Waals surface area contributed by atoms with Gasteiger partial charge in [0.2, 0.25) is 0 Å². The van der Waals surface area contributed by atoms with Crippen LogP contribution in [0.2, 0.25) is 0 Å². The van der Waals surface area contributed by atoms with Crippen LogP contribution in [0.15, 0.2) is 24.3 Å². The fourth-order valence-electron chi connectivity index (χ4n) is 2.67. The molecule has 1 atom stereocenters. The second kappa shape index (κ2) is 4.54. The highest BCUT2D eigenvalue weighted by Crippen LogP contribution is 2.43. The molecule has 0 saturated heterocycles. The molecule has 0 aromatic heterocycles. The van der Waals surface area contributed by atoms with Gasteiger partial charge in [0.1, 0.15) is 5.67 Å². The predicted molar refractivity (Wildman–Crippen MR) is 64.8 cm³/mol. The summed E-state index contributed by atoms with van der Waals surface area (Å²) in [7, 11) is 0. The second-order valence-corrected chi connectivity index (χ2v) is 4.96. The lowest BCUT2D eigenvalue weighted by atomic mass is 9.83. The summed E-state index contributed by atoms with van der Waals surface area (Å²) in [5.41, 5.74) is 6.22. The molecule has 1 nitrogen and oxygen atoms in total. The van der Waals surface area contributed by atoms with Gasteiger partial charge in [-0.05, 0) is 36.8 Å². The maximum atomic E-state index is 14.7. The van der Waals surface area contributed by atoms with Crippen molar-refractivity contribution in [2.45, 2.75) is 44.8 Å². The first kappa shape index (κ1) is 11.6. The van der Waals surface area contributed by atoms with Crippen molar-refractivity contribution in [2.75, 3.05) is 0 Å². The molecule has 0 heterocycles. The van der Waals surface area contributed by atoms with Crippen LogP contribution in [0.3, 0.4) is 0 Å². The third kappa shape index (κ3) is 2.12. The summed E-state index contributed by atoms with van der Waals surface area (Å²) >= 11 is 0. The van der Waals surface area contributed by atoms with Crippen LogP contribution >= 0.6 is 0 Å². The number of alkyl halides is 1. The number of rotatable bonds is 3. The predicted octanol–water partition coefficient (Wildman–Crippen LogP) is 3.52. The van der Waals surface area contributed by atoms with E-state index in [4.69, 9.17) is 5.73 Å². The molecule has 0 spiro atoms. The van der Waals surface area contributed by atoms with Crippen LogP contribution in [0.4, 0.5) is 4.39 Å². The molecule has 1 aliphatic rings. The van der Waals surface area contributed by atoms with Crippen molar-refractivity contribution >= 4 is 0 Å². The maximum absolute atomic E-state index is 14.7. The van der Waals surface area contributed by atoms with Gasteiger partial charge in [0, 0.05) is 6.54 Å². The van der Waals surface area contributed by atoms with E-state index in [-0.39, 0.29) is 5.92 Å². The van der Waals surface area contributed by atoms with Gasteiger partial charge in [-0.1, -0.05) is 37.1 Å². The summed E-state index contributed by atoms with van der Waals surface area (Å²) in [6, 6.07) is 7.64. The molecule has 16 heavy (non-hydrogen) atoms. The maximum Gasteiger partial charge on any atom is 0.136 e. The largest absolute Gasteiger partial charge is 0.326 e. The van der Waals surface area contributed by atoms with Crippen molar-refractivity contribution in [3.63, 3.8) is 0 Å². The second-order valence-electron chi connectivity index (χ2n) is 4.96. The number of hydrogen-bond acceptors (Lipinski definition) is 1. The number of halogens is 1. The standard InChI is InChI=1S/C14H20FN/c1-14(15,12-4-2-3-5-12)13-8-6-11(10-16)7-9-13/h6-9,12H,2-5,10,16H2,1H3. The zero-order chi connectivity index (χ0) is 11.6. The summed E-state index contributed by atoms with van der Waals surface area (Å²) < 4.78 is 14.7. The van der Waals surface area contributed by atoms with Crippen LogP contribution < -0.4 is 5.73 Å². The van der Waals surface area contributed by atoms with E-state index >= 15 is 0 Å². The molecule has 0 bridgehead atoms. The van der Waals surface area contributed by atoms with Gasteiger partial charge in [-0.15, -0.1) is 0 Å². The smallest absolute Gasteiger partial charge is 0.136 e. The van der Waals surface area contributed by atoms with Gasteiger partial charge in [-0.3, -0.25) is 0 Å². The Labute approximate surface area is 96.9 Å². The van der Waals surface area contributed by atoms with Crippen LogP contribution in [0.1, 0.15) is 43.7 Å². The first-order valence-corrected chi connectivity index (χ1v) is 6.13. The van der Waals surface area contributed by atoms with Crippen LogP contribution in [0.5, 0.6) is 0 Å². The lowest BCUT2D eigenvalue weighted by molar-refractivity contribution is 0.104. The minimum Gasteiger partial charge on any atom is -0.326 e. The highest BCUT2D eigenvalue weighted by atomic mass is 19.1. The number of nitrogens with two attached hydrogens (primary N) is 1. The Balaban J connectivity index is 2.20. The summed E-state index contributed by atoms with van der Waals surface area (Å²) in [6.45, 7) is 2.24. The molecule has 2 N–H and O–H groups in total. The van der Waals surface area contributed by atoms with E-state index in [1.54, 1.807) is 6.92 Å². The van der Waals surface area contributed by atoms with Gasteiger partial charge in [0.05, 0.1) is 0 Å². The van der Waals surface area contributed by atoms with Gasteiger partial charge in [0.15, 0.2) is 0 Å². The summed E-state index contributed by atoms with van der Waals surface area (Å²) in [5, 5.41) is 0. The quantitative estimate of drug-likeness (QED) is 0.830. The molecule has 1 aliphatic carbocycles. The third-order valence-corrected chi connectivity index (χ3v) is 3.88. The third-order valence-electron chi connectivity index (χ3n) is 3.88. The minimum absolute atomic E-state index is 0.191. The van der Waals surface area contributed by atoms with Gasteiger partial charge in [-0.2, -0.15) is 0 Å². The Morgan fingerprint density at radius 1 is 1.25 bits per heavy atom. The topological polar surface area (TPSA) is 26.0 Å². The zero-order valence-corrected chi connectivity index (χ0v) is 9.88. The van der Waals surface area contributed by atoms with E-state index in [9.17, 15) is 4.39 Å². The van der Waals surface area contributed by atoms with Gasteiger partial charge in [-0.25, -0.2) is 4.39 Å². The van der Waals surface area contributed by atoms with E-state index in [2.05, 4.69) is 0 Å². The number of hydrogen-bond donors (Lipinski definition) is 1. The van der Waals surface area contributed by atoms with Crippen molar-refractivity contribution in [3.05, 3.63) is 35.4 Å².